The number of fused-ring (bicyclic) bond motifs is 1. The molecule has 2 aromatic heterocycles. The summed E-state index contributed by atoms with van der Waals surface area (Å²) in [7, 11) is 3.16. The minimum Gasteiger partial charge on any atom is -0.497 e. The molecule has 11 heteroatoms. The molecule has 3 aromatic carbocycles. The van der Waals surface area contributed by atoms with E-state index in [1.165, 1.54) is 17.2 Å². The van der Waals surface area contributed by atoms with Gasteiger partial charge in [0.25, 0.3) is 0 Å². The van der Waals surface area contributed by atoms with Crippen molar-refractivity contribution in [3.63, 3.8) is 0 Å². The number of anilines is 1. The normalized spacial score (nSPS) is 21.4. The number of nitrogens with two attached hydrogens (primary N) is 1. The Balaban J connectivity index is 1.71. The minimum absolute atomic E-state index is 0.121. The van der Waals surface area contributed by atoms with E-state index in [1.807, 2.05) is 54.6 Å². The summed E-state index contributed by atoms with van der Waals surface area (Å²) in [5.41, 5.74) is 5.25. The molecule has 1 unspecified atom stereocenters. The number of imidazole rings is 1. The van der Waals surface area contributed by atoms with Gasteiger partial charge < -0.3 is 35.3 Å². The number of hydrogen-bond donors (Lipinski definition) is 4. The van der Waals surface area contributed by atoms with Crippen molar-refractivity contribution in [3.8, 4) is 11.5 Å². The summed E-state index contributed by atoms with van der Waals surface area (Å²) in [6.45, 7) is -0.255. The van der Waals surface area contributed by atoms with Crippen molar-refractivity contribution >= 4 is 17.0 Å². The van der Waals surface area contributed by atoms with Gasteiger partial charge in [0.2, 0.25) is 5.72 Å². The lowest BCUT2D eigenvalue weighted by molar-refractivity contribution is -0.202. The molecule has 3 heterocycles. The number of rotatable bonds is 8. The van der Waals surface area contributed by atoms with Crippen LogP contribution in [0.5, 0.6) is 11.5 Å². The fourth-order valence-electron chi connectivity index (χ4n) is 6.06. The summed E-state index contributed by atoms with van der Waals surface area (Å²) in [5, 5.41) is 35.7. The number of aliphatic hydroxyl groups excluding tert-OH is 3. The van der Waals surface area contributed by atoms with Crippen LogP contribution in [0, 0.1) is 0 Å². The number of aromatic nitrogens is 4. The molecule has 1 fully saturated rings. The molecule has 216 valence electrons. The van der Waals surface area contributed by atoms with Gasteiger partial charge in [-0.1, -0.05) is 54.6 Å². The number of hydrogen-bond acceptors (Lipinski definition) is 10. The standard InChI is InChI=1S/C31H31N5O6/c1-40-22-12-8-20(9-13-22)30(19-6-4-3-5-7-19,21-10-14-23(41-2)15-11-21)29(39)31(26(38)24(37)16-42-31)36-18-35-25-27(32)33-17-34-28(25)36/h3-15,17-18,24,26,29,37-39H,16H2,1-2H3,(H2,32,33,34)/t24-,26-,29?,31+/m0/s1. The molecule has 0 radical (unpaired) electrons. The average Bonchev–Trinajstić information content (AvgIpc) is 3.60. The zero-order chi connectivity index (χ0) is 29.5. The van der Waals surface area contributed by atoms with Crippen LogP contribution < -0.4 is 15.2 Å². The number of ether oxygens (including phenoxy) is 3. The monoisotopic (exact) mass is 569 g/mol. The van der Waals surface area contributed by atoms with Crippen molar-refractivity contribution in [1.29, 1.82) is 0 Å². The summed E-state index contributed by atoms with van der Waals surface area (Å²) in [6.07, 6.45) is -1.85. The second-order valence-electron chi connectivity index (χ2n) is 10.2. The van der Waals surface area contributed by atoms with E-state index >= 15 is 0 Å². The maximum atomic E-state index is 13.0. The van der Waals surface area contributed by atoms with Crippen LogP contribution in [0.15, 0.2) is 91.5 Å². The number of aliphatic hydroxyl groups is 3. The molecule has 0 saturated carbocycles. The van der Waals surface area contributed by atoms with Gasteiger partial charge >= 0.3 is 0 Å². The zero-order valence-corrected chi connectivity index (χ0v) is 23.0. The summed E-state index contributed by atoms with van der Waals surface area (Å²) < 4.78 is 18.6. The largest absolute Gasteiger partial charge is 0.497 e. The van der Waals surface area contributed by atoms with E-state index in [2.05, 4.69) is 15.0 Å². The third-order valence-corrected chi connectivity index (χ3v) is 8.13. The van der Waals surface area contributed by atoms with Gasteiger partial charge in [-0.15, -0.1) is 0 Å². The first-order valence-corrected chi connectivity index (χ1v) is 13.3. The van der Waals surface area contributed by atoms with Crippen LogP contribution in [-0.2, 0) is 15.9 Å². The summed E-state index contributed by atoms with van der Waals surface area (Å²) >= 11 is 0. The fraction of sp³-hybridized carbons (Fsp3) is 0.258. The molecule has 4 atom stereocenters. The van der Waals surface area contributed by atoms with Crippen molar-refractivity contribution < 1.29 is 29.5 Å². The highest BCUT2D eigenvalue weighted by molar-refractivity contribution is 5.81. The van der Waals surface area contributed by atoms with Crippen LogP contribution in [0.25, 0.3) is 11.2 Å². The van der Waals surface area contributed by atoms with E-state index in [9.17, 15) is 15.3 Å². The molecular formula is C31H31N5O6. The van der Waals surface area contributed by atoms with Crippen molar-refractivity contribution in [2.45, 2.75) is 29.5 Å². The highest BCUT2D eigenvalue weighted by atomic mass is 16.6. The van der Waals surface area contributed by atoms with E-state index < -0.39 is 29.5 Å². The predicted molar refractivity (Wildman–Crippen MR) is 154 cm³/mol. The Labute approximate surface area is 241 Å². The first kappa shape index (κ1) is 27.6. The van der Waals surface area contributed by atoms with Gasteiger partial charge in [-0.2, -0.15) is 0 Å². The molecule has 6 rings (SSSR count). The molecule has 42 heavy (non-hydrogen) atoms. The molecule has 5 N–H and O–H groups in total. The molecular weight excluding hydrogens is 538 g/mol. The third kappa shape index (κ3) is 4.01. The lowest BCUT2D eigenvalue weighted by atomic mass is 9.62. The van der Waals surface area contributed by atoms with E-state index in [4.69, 9.17) is 19.9 Å². The van der Waals surface area contributed by atoms with Gasteiger partial charge in [-0.25, -0.2) is 15.0 Å². The van der Waals surface area contributed by atoms with Crippen molar-refractivity contribution in [1.82, 2.24) is 19.5 Å². The van der Waals surface area contributed by atoms with Gasteiger partial charge in [0, 0.05) is 0 Å². The zero-order valence-electron chi connectivity index (χ0n) is 23.0. The van der Waals surface area contributed by atoms with Crippen LogP contribution in [0.1, 0.15) is 16.7 Å². The van der Waals surface area contributed by atoms with E-state index in [-0.39, 0.29) is 23.6 Å². The number of methoxy groups -OCH3 is 2. The lowest BCUT2D eigenvalue weighted by Gasteiger charge is -2.48. The number of nitrogens with zero attached hydrogens (tertiary/aromatic N) is 4. The van der Waals surface area contributed by atoms with E-state index in [0.717, 1.165) is 0 Å². The summed E-state index contributed by atoms with van der Waals surface area (Å²) in [6, 6.07) is 24.1. The van der Waals surface area contributed by atoms with Crippen molar-refractivity contribution in [3.05, 3.63) is 108 Å². The maximum absolute atomic E-state index is 13.0. The van der Waals surface area contributed by atoms with E-state index in [1.54, 1.807) is 38.5 Å². The molecule has 1 saturated heterocycles. The molecule has 11 nitrogen and oxygen atoms in total. The van der Waals surface area contributed by atoms with Gasteiger partial charge in [0.05, 0.1) is 32.6 Å². The average molecular weight is 570 g/mol. The third-order valence-electron chi connectivity index (χ3n) is 8.13. The van der Waals surface area contributed by atoms with E-state index in [0.29, 0.717) is 28.2 Å². The van der Waals surface area contributed by atoms with Gasteiger partial charge in [0.15, 0.2) is 11.5 Å². The Morgan fingerprint density at radius 1 is 0.881 bits per heavy atom. The topological polar surface area (TPSA) is 158 Å². The Morgan fingerprint density at radius 2 is 1.45 bits per heavy atom. The van der Waals surface area contributed by atoms with Crippen LogP contribution in [0.3, 0.4) is 0 Å². The molecule has 5 aromatic rings. The van der Waals surface area contributed by atoms with Gasteiger partial charge in [-0.3, -0.25) is 4.57 Å². The lowest BCUT2D eigenvalue weighted by Crippen LogP contribution is -2.62. The Bertz CT molecular complexity index is 1630. The van der Waals surface area contributed by atoms with Crippen LogP contribution in [0.4, 0.5) is 5.82 Å². The predicted octanol–water partition coefficient (Wildman–Crippen LogP) is 2.23. The van der Waals surface area contributed by atoms with Crippen molar-refractivity contribution in [2.24, 2.45) is 0 Å². The van der Waals surface area contributed by atoms with Crippen LogP contribution >= 0.6 is 0 Å². The first-order valence-electron chi connectivity index (χ1n) is 13.3. The smallest absolute Gasteiger partial charge is 0.204 e. The second kappa shape index (κ2) is 10.7. The van der Waals surface area contributed by atoms with Crippen LogP contribution in [-0.4, -0.2) is 74.0 Å². The first-order chi connectivity index (χ1) is 20.4. The molecule has 0 amide bonds. The Kier molecular flexibility index (Phi) is 7.03. The summed E-state index contributed by atoms with van der Waals surface area (Å²) in [5.74, 6) is 1.37. The van der Waals surface area contributed by atoms with Gasteiger partial charge in [0.1, 0.15) is 41.7 Å². The Morgan fingerprint density at radius 3 is 1.98 bits per heavy atom. The quantitative estimate of drug-likeness (QED) is 0.204. The molecule has 1 aliphatic rings. The molecule has 1 aliphatic heterocycles. The minimum atomic E-state index is -1.98. The van der Waals surface area contributed by atoms with Gasteiger partial charge in [-0.05, 0) is 41.0 Å². The molecule has 0 aliphatic carbocycles. The molecule has 0 spiro atoms. The number of nitrogen functional groups attached to an aromatic ring is 1. The van der Waals surface area contributed by atoms with Crippen molar-refractivity contribution in [2.75, 3.05) is 26.6 Å². The fourth-order valence-corrected chi connectivity index (χ4v) is 6.06. The highest BCUT2D eigenvalue weighted by Gasteiger charge is 2.63. The number of benzene rings is 3. The molecule has 0 bridgehead atoms. The highest BCUT2D eigenvalue weighted by Crippen LogP contribution is 2.51. The second-order valence-corrected chi connectivity index (χ2v) is 10.2. The maximum Gasteiger partial charge on any atom is 0.204 e. The summed E-state index contributed by atoms with van der Waals surface area (Å²) in [4.78, 5) is 12.8. The van der Waals surface area contributed by atoms with Crippen LogP contribution in [0.2, 0.25) is 0 Å². The Hall–Kier alpha value is -4.55. The SMILES string of the molecule is COc1ccc(C(c2ccccc2)(c2ccc(OC)cc2)C(O)[C@]2(n3cnc4c(N)ncnc43)OC[C@H](O)[C@@H]2O)cc1.